The minimum Gasteiger partial charge on any atom is -0.481 e. The van der Waals surface area contributed by atoms with Gasteiger partial charge in [-0.15, -0.1) is 0 Å². The summed E-state index contributed by atoms with van der Waals surface area (Å²) in [7, 11) is 0. The Morgan fingerprint density at radius 2 is 2.04 bits per heavy atom. The molecule has 24 heavy (non-hydrogen) atoms. The molecule has 1 aliphatic rings. The number of alkyl halides is 1. The highest BCUT2D eigenvalue weighted by Crippen LogP contribution is 2.44. The molecule has 1 unspecified atom stereocenters. The summed E-state index contributed by atoms with van der Waals surface area (Å²) in [4.78, 5) is 15.5. The number of pyridine rings is 1. The van der Waals surface area contributed by atoms with Gasteiger partial charge in [-0.1, -0.05) is 42.2 Å². The van der Waals surface area contributed by atoms with Crippen molar-refractivity contribution in [2.75, 3.05) is 0 Å². The highest BCUT2D eigenvalue weighted by molar-refractivity contribution is 5.71. The fourth-order valence-corrected chi connectivity index (χ4v) is 3.26. The summed E-state index contributed by atoms with van der Waals surface area (Å²) in [6, 6.07) is 12.8. The van der Waals surface area contributed by atoms with E-state index in [1.807, 2.05) is 30.3 Å². The first-order valence-corrected chi connectivity index (χ1v) is 7.97. The van der Waals surface area contributed by atoms with Crippen molar-refractivity contribution < 1.29 is 14.3 Å². The van der Waals surface area contributed by atoms with Crippen LogP contribution in [0, 0.1) is 17.8 Å². The number of rotatable bonds is 2. The van der Waals surface area contributed by atoms with E-state index in [2.05, 4.69) is 16.8 Å². The lowest BCUT2D eigenvalue weighted by atomic mass is 9.70. The monoisotopic (exact) mass is 323 g/mol. The third-order valence-corrected chi connectivity index (χ3v) is 4.52. The van der Waals surface area contributed by atoms with Crippen LogP contribution in [-0.2, 0) is 4.79 Å². The number of halogens is 1. The Morgan fingerprint density at radius 1 is 1.25 bits per heavy atom. The number of aromatic nitrogens is 1. The van der Waals surface area contributed by atoms with Crippen molar-refractivity contribution in [3.05, 3.63) is 66.0 Å². The van der Waals surface area contributed by atoms with Gasteiger partial charge in [0.15, 0.2) is 5.67 Å². The molecule has 0 aliphatic heterocycles. The van der Waals surface area contributed by atoms with E-state index in [1.165, 1.54) is 0 Å². The third-order valence-electron chi connectivity index (χ3n) is 4.52. The zero-order valence-corrected chi connectivity index (χ0v) is 13.2. The van der Waals surface area contributed by atoms with Crippen LogP contribution in [0.2, 0.25) is 0 Å². The molecule has 0 amide bonds. The smallest absolute Gasteiger partial charge is 0.307 e. The Kier molecular flexibility index (Phi) is 4.61. The van der Waals surface area contributed by atoms with Gasteiger partial charge in [-0.2, -0.15) is 0 Å². The first-order chi connectivity index (χ1) is 11.6. The van der Waals surface area contributed by atoms with Crippen LogP contribution in [0.1, 0.15) is 36.3 Å². The van der Waals surface area contributed by atoms with E-state index in [9.17, 15) is 9.90 Å². The number of hydrogen-bond acceptors (Lipinski definition) is 2. The molecule has 0 saturated heterocycles. The molecule has 1 saturated carbocycles. The second-order valence-electron chi connectivity index (χ2n) is 6.16. The van der Waals surface area contributed by atoms with Crippen molar-refractivity contribution in [3.8, 4) is 11.8 Å². The standard InChI is InChI=1S/C20H18FNO2/c21-20(10-8-15-5-4-12-22-14-15)11-9-17(19(23)24)18(13-20)16-6-2-1-3-7-16/h1-7,12,14,17-18H,9,11,13H2,(H,23,24)/t17-,18+,20?/m1/s1. The minimum atomic E-state index is -1.68. The molecule has 1 N–H and O–H groups in total. The molecule has 1 aliphatic carbocycles. The van der Waals surface area contributed by atoms with E-state index in [-0.39, 0.29) is 25.2 Å². The zero-order chi connectivity index (χ0) is 17.0. The number of aliphatic carboxylic acids is 1. The third kappa shape index (κ3) is 3.62. The molecule has 4 heteroatoms. The Morgan fingerprint density at radius 3 is 2.71 bits per heavy atom. The maximum Gasteiger partial charge on any atom is 0.307 e. The van der Waals surface area contributed by atoms with Gasteiger partial charge in [-0.05, 0) is 30.5 Å². The van der Waals surface area contributed by atoms with E-state index >= 15 is 4.39 Å². The van der Waals surface area contributed by atoms with Gasteiger partial charge in [0.2, 0.25) is 0 Å². The van der Waals surface area contributed by atoms with E-state index < -0.39 is 17.6 Å². The number of benzene rings is 1. The molecule has 3 rings (SSSR count). The molecule has 2 aromatic rings. The predicted molar refractivity (Wildman–Crippen MR) is 89.1 cm³/mol. The van der Waals surface area contributed by atoms with Crippen molar-refractivity contribution in [2.24, 2.45) is 5.92 Å². The summed E-state index contributed by atoms with van der Waals surface area (Å²) in [6.45, 7) is 0. The summed E-state index contributed by atoms with van der Waals surface area (Å²) in [6.07, 6.45) is 3.75. The lowest BCUT2D eigenvalue weighted by Crippen LogP contribution is -2.37. The molecule has 1 heterocycles. The number of nitrogens with zero attached hydrogens (tertiary/aromatic N) is 1. The highest BCUT2D eigenvalue weighted by atomic mass is 19.1. The van der Waals surface area contributed by atoms with Gasteiger partial charge >= 0.3 is 5.97 Å². The van der Waals surface area contributed by atoms with Crippen molar-refractivity contribution >= 4 is 5.97 Å². The van der Waals surface area contributed by atoms with Gasteiger partial charge in [-0.3, -0.25) is 9.78 Å². The van der Waals surface area contributed by atoms with Gasteiger partial charge in [0.1, 0.15) is 0 Å². The van der Waals surface area contributed by atoms with E-state index in [0.717, 1.165) is 5.56 Å². The van der Waals surface area contributed by atoms with Crippen LogP contribution in [0.25, 0.3) is 0 Å². The summed E-state index contributed by atoms with van der Waals surface area (Å²) in [5.41, 5.74) is -0.164. The van der Waals surface area contributed by atoms with Crippen LogP contribution in [0.5, 0.6) is 0 Å². The molecule has 3 nitrogen and oxygen atoms in total. The molecular formula is C20H18FNO2. The molecule has 3 atom stereocenters. The van der Waals surface area contributed by atoms with E-state index in [1.54, 1.807) is 24.5 Å². The van der Waals surface area contributed by atoms with Crippen molar-refractivity contribution in [1.82, 2.24) is 4.98 Å². The molecule has 1 aromatic heterocycles. The van der Waals surface area contributed by atoms with E-state index in [0.29, 0.717) is 5.56 Å². The Labute approximate surface area is 140 Å². The molecule has 0 radical (unpaired) electrons. The van der Waals surface area contributed by atoms with Gasteiger partial charge in [0.05, 0.1) is 5.92 Å². The molecule has 1 fully saturated rings. The predicted octanol–water partition coefficient (Wildman–Crippen LogP) is 3.81. The molecule has 0 spiro atoms. The first-order valence-electron chi connectivity index (χ1n) is 7.97. The molecule has 1 aromatic carbocycles. The summed E-state index contributed by atoms with van der Waals surface area (Å²) < 4.78 is 15.2. The van der Waals surface area contributed by atoms with Crippen LogP contribution in [0.3, 0.4) is 0 Å². The lowest BCUT2D eigenvalue weighted by molar-refractivity contribution is -0.144. The SMILES string of the molecule is O=C(O)[C@@H]1CCC(F)(C#Cc2cccnc2)C[C@H]1c1ccccc1. The van der Waals surface area contributed by atoms with Gasteiger partial charge < -0.3 is 5.11 Å². The largest absolute Gasteiger partial charge is 0.481 e. The molecule has 0 bridgehead atoms. The second-order valence-corrected chi connectivity index (χ2v) is 6.16. The fraction of sp³-hybridized carbons (Fsp3) is 0.300. The van der Waals surface area contributed by atoms with Crippen LogP contribution >= 0.6 is 0 Å². The van der Waals surface area contributed by atoms with Gasteiger partial charge in [-0.25, -0.2) is 4.39 Å². The number of carboxylic acid groups (broad SMARTS) is 1. The van der Waals surface area contributed by atoms with Crippen LogP contribution in [0.4, 0.5) is 4.39 Å². The van der Waals surface area contributed by atoms with Crippen molar-refractivity contribution in [2.45, 2.75) is 30.8 Å². The first kappa shape index (κ1) is 16.2. The Hall–Kier alpha value is -2.67. The topological polar surface area (TPSA) is 50.2 Å². The number of hydrogen-bond donors (Lipinski definition) is 1. The Bertz CT molecular complexity index is 766. The van der Waals surface area contributed by atoms with Crippen LogP contribution < -0.4 is 0 Å². The molecule has 122 valence electrons. The number of carbonyl (C=O) groups is 1. The van der Waals surface area contributed by atoms with E-state index in [4.69, 9.17) is 0 Å². The fourth-order valence-electron chi connectivity index (χ4n) is 3.26. The highest BCUT2D eigenvalue weighted by Gasteiger charge is 2.43. The van der Waals surface area contributed by atoms with Crippen LogP contribution in [-0.4, -0.2) is 21.7 Å². The van der Waals surface area contributed by atoms with Crippen molar-refractivity contribution in [1.29, 1.82) is 0 Å². The van der Waals surface area contributed by atoms with Crippen molar-refractivity contribution in [3.63, 3.8) is 0 Å². The normalized spacial score (nSPS) is 26.2. The lowest BCUT2D eigenvalue weighted by Gasteiger charge is -2.35. The summed E-state index contributed by atoms with van der Waals surface area (Å²) in [5.74, 6) is 3.75. The zero-order valence-electron chi connectivity index (χ0n) is 13.2. The minimum absolute atomic E-state index is 0.0985. The summed E-state index contributed by atoms with van der Waals surface area (Å²) >= 11 is 0. The Balaban J connectivity index is 1.87. The maximum absolute atomic E-state index is 15.2. The van der Waals surface area contributed by atoms with Gasteiger partial charge in [0, 0.05) is 30.3 Å². The summed E-state index contributed by atoms with van der Waals surface area (Å²) in [5, 5.41) is 9.48. The quantitative estimate of drug-likeness (QED) is 0.855. The molecular weight excluding hydrogens is 305 g/mol. The van der Waals surface area contributed by atoms with Crippen LogP contribution in [0.15, 0.2) is 54.9 Å². The number of carboxylic acids is 1. The maximum atomic E-state index is 15.2. The average Bonchev–Trinajstić information content (AvgIpc) is 2.61. The van der Waals surface area contributed by atoms with Gasteiger partial charge in [0.25, 0.3) is 0 Å². The average molecular weight is 323 g/mol. The second kappa shape index (κ2) is 6.84.